The molecule has 2 aromatic rings. The molecule has 0 saturated carbocycles. The number of hydrogen-bond acceptors (Lipinski definition) is 3. The summed E-state index contributed by atoms with van der Waals surface area (Å²) in [5, 5.41) is 4.23. The maximum atomic E-state index is 13.0. The molecule has 2 heterocycles. The highest BCUT2D eigenvalue weighted by Crippen LogP contribution is 2.25. The van der Waals surface area contributed by atoms with Crippen molar-refractivity contribution >= 4 is 0 Å². The van der Waals surface area contributed by atoms with Gasteiger partial charge in [0, 0.05) is 39.0 Å². The van der Waals surface area contributed by atoms with Gasteiger partial charge in [-0.05, 0) is 43.0 Å². The van der Waals surface area contributed by atoms with E-state index in [1.807, 2.05) is 30.1 Å². The van der Waals surface area contributed by atoms with Gasteiger partial charge in [-0.25, -0.2) is 4.39 Å². The Morgan fingerprint density at radius 3 is 2.70 bits per heavy atom. The zero-order valence-electron chi connectivity index (χ0n) is 13.8. The lowest BCUT2D eigenvalue weighted by Gasteiger charge is -2.37. The van der Waals surface area contributed by atoms with Gasteiger partial charge in [0.25, 0.3) is 0 Å². The topological polar surface area (TPSA) is 30.3 Å². The summed E-state index contributed by atoms with van der Waals surface area (Å²) in [6.07, 6.45) is 6.24. The van der Waals surface area contributed by atoms with Crippen LogP contribution in [0.1, 0.15) is 17.5 Å². The summed E-state index contributed by atoms with van der Waals surface area (Å²) >= 11 is 0. The number of rotatable bonds is 5. The van der Waals surface area contributed by atoms with Crippen molar-refractivity contribution in [2.75, 3.05) is 20.2 Å². The maximum absolute atomic E-state index is 13.0. The highest BCUT2D eigenvalue weighted by atomic mass is 19.1. The van der Waals surface area contributed by atoms with Crippen molar-refractivity contribution in [3.05, 3.63) is 53.6 Å². The number of piperidine rings is 1. The van der Waals surface area contributed by atoms with Crippen molar-refractivity contribution in [3.8, 4) is 0 Å². The molecular formula is C18H24FN3O. The standard InChI is InChI=1S/C18H24FN3O/c1-21-11-15(10-20-21)12-22-8-7-16(18(13-22)23-2)9-14-3-5-17(19)6-4-14/h3-6,10-11,16,18H,7-9,12-13H2,1-2H3/t16-,18-/m1/s1. The molecule has 0 unspecified atom stereocenters. The van der Waals surface area contributed by atoms with Crippen LogP contribution in [-0.2, 0) is 24.8 Å². The molecule has 1 aromatic heterocycles. The predicted octanol–water partition coefficient (Wildman–Crippen LogP) is 2.64. The first-order valence-corrected chi connectivity index (χ1v) is 8.11. The van der Waals surface area contributed by atoms with E-state index in [0.717, 1.165) is 32.5 Å². The molecule has 2 atom stereocenters. The minimum absolute atomic E-state index is 0.177. The normalized spacial score (nSPS) is 22.4. The Labute approximate surface area is 136 Å². The fraction of sp³-hybridized carbons (Fsp3) is 0.500. The fourth-order valence-corrected chi connectivity index (χ4v) is 3.41. The van der Waals surface area contributed by atoms with Gasteiger partial charge in [0.1, 0.15) is 5.82 Å². The third-order valence-corrected chi connectivity index (χ3v) is 4.66. The zero-order chi connectivity index (χ0) is 16.2. The van der Waals surface area contributed by atoms with E-state index in [2.05, 4.69) is 16.2 Å². The number of halogens is 1. The summed E-state index contributed by atoms with van der Waals surface area (Å²) in [7, 11) is 3.73. The molecule has 0 bridgehead atoms. The predicted molar refractivity (Wildman–Crippen MR) is 87.5 cm³/mol. The molecule has 1 aliphatic rings. The summed E-state index contributed by atoms with van der Waals surface area (Å²) in [5.74, 6) is 0.305. The third kappa shape index (κ3) is 4.18. The Kier molecular flexibility index (Phi) is 5.08. The van der Waals surface area contributed by atoms with Gasteiger partial charge in [-0.3, -0.25) is 9.58 Å². The average Bonchev–Trinajstić information content (AvgIpc) is 2.96. The number of likely N-dealkylation sites (tertiary alicyclic amines) is 1. The molecule has 0 amide bonds. The van der Waals surface area contributed by atoms with Crippen LogP contribution in [0.25, 0.3) is 0 Å². The van der Waals surface area contributed by atoms with Gasteiger partial charge in [0.2, 0.25) is 0 Å². The van der Waals surface area contributed by atoms with E-state index >= 15 is 0 Å². The van der Waals surface area contributed by atoms with Crippen LogP contribution in [0, 0.1) is 11.7 Å². The minimum atomic E-state index is -0.177. The summed E-state index contributed by atoms with van der Waals surface area (Å²) in [4.78, 5) is 2.42. The van der Waals surface area contributed by atoms with Gasteiger partial charge in [0.05, 0.1) is 12.3 Å². The van der Waals surface area contributed by atoms with E-state index in [4.69, 9.17) is 4.74 Å². The molecule has 124 valence electrons. The van der Waals surface area contributed by atoms with Gasteiger partial charge in [-0.15, -0.1) is 0 Å². The molecule has 1 aliphatic heterocycles. The van der Waals surface area contributed by atoms with Crippen molar-refractivity contribution in [2.45, 2.75) is 25.5 Å². The summed E-state index contributed by atoms with van der Waals surface area (Å²) in [6, 6.07) is 6.83. The first-order valence-electron chi connectivity index (χ1n) is 8.11. The molecule has 0 radical (unpaired) electrons. The van der Waals surface area contributed by atoms with Gasteiger partial charge < -0.3 is 4.74 Å². The number of aryl methyl sites for hydroxylation is 1. The van der Waals surface area contributed by atoms with Crippen molar-refractivity contribution in [2.24, 2.45) is 13.0 Å². The van der Waals surface area contributed by atoms with Gasteiger partial charge >= 0.3 is 0 Å². The van der Waals surface area contributed by atoms with Crippen LogP contribution >= 0.6 is 0 Å². The van der Waals surface area contributed by atoms with Crippen molar-refractivity contribution < 1.29 is 9.13 Å². The molecule has 4 nitrogen and oxygen atoms in total. The van der Waals surface area contributed by atoms with Crippen molar-refractivity contribution in [1.29, 1.82) is 0 Å². The Morgan fingerprint density at radius 1 is 1.26 bits per heavy atom. The van der Waals surface area contributed by atoms with E-state index in [1.165, 1.54) is 23.3 Å². The van der Waals surface area contributed by atoms with Crippen LogP contribution < -0.4 is 0 Å². The fourth-order valence-electron chi connectivity index (χ4n) is 3.41. The van der Waals surface area contributed by atoms with Crippen LogP contribution in [0.4, 0.5) is 4.39 Å². The van der Waals surface area contributed by atoms with Crippen LogP contribution in [0.15, 0.2) is 36.7 Å². The first-order chi connectivity index (χ1) is 11.1. The van der Waals surface area contributed by atoms with E-state index in [9.17, 15) is 4.39 Å². The highest BCUT2D eigenvalue weighted by Gasteiger charge is 2.29. The zero-order valence-corrected chi connectivity index (χ0v) is 13.8. The highest BCUT2D eigenvalue weighted by molar-refractivity contribution is 5.17. The quantitative estimate of drug-likeness (QED) is 0.849. The lowest BCUT2D eigenvalue weighted by molar-refractivity contribution is -0.0136. The SMILES string of the molecule is CO[C@@H]1CN(Cc2cnn(C)c2)CC[C@@H]1Cc1ccc(F)cc1. The monoisotopic (exact) mass is 317 g/mol. The molecule has 5 heteroatoms. The number of hydrogen-bond donors (Lipinski definition) is 0. The van der Waals surface area contributed by atoms with E-state index in [0.29, 0.717) is 5.92 Å². The number of ether oxygens (including phenoxy) is 1. The average molecular weight is 317 g/mol. The van der Waals surface area contributed by atoms with Crippen LogP contribution in [0.2, 0.25) is 0 Å². The second-order valence-corrected chi connectivity index (χ2v) is 6.41. The second-order valence-electron chi connectivity index (χ2n) is 6.41. The maximum Gasteiger partial charge on any atom is 0.123 e. The molecule has 0 aliphatic carbocycles. The Balaban J connectivity index is 1.58. The number of nitrogens with zero attached hydrogens (tertiary/aromatic N) is 3. The summed E-state index contributed by atoms with van der Waals surface area (Å²) < 4.78 is 20.6. The molecule has 1 aromatic carbocycles. The van der Waals surface area contributed by atoms with Crippen LogP contribution in [0.5, 0.6) is 0 Å². The first kappa shape index (κ1) is 16.1. The molecule has 1 fully saturated rings. The molecule has 1 saturated heterocycles. The lowest BCUT2D eigenvalue weighted by Crippen LogP contribution is -2.45. The smallest absolute Gasteiger partial charge is 0.123 e. The Bertz CT molecular complexity index is 625. The number of methoxy groups -OCH3 is 1. The molecule has 0 N–H and O–H groups in total. The second kappa shape index (κ2) is 7.23. The van der Waals surface area contributed by atoms with Gasteiger partial charge in [0.15, 0.2) is 0 Å². The number of benzene rings is 1. The van der Waals surface area contributed by atoms with Gasteiger partial charge in [-0.1, -0.05) is 12.1 Å². The number of aromatic nitrogens is 2. The van der Waals surface area contributed by atoms with E-state index in [-0.39, 0.29) is 11.9 Å². The molecular weight excluding hydrogens is 293 g/mol. The Hall–Kier alpha value is -1.72. The summed E-state index contributed by atoms with van der Waals surface area (Å²) in [5.41, 5.74) is 2.42. The Morgan fingerprint density at radius 2 is 2.04 bits per heavy atom. The molecule has 23 heavy (non-hydrogen) atoms. The van der Waals surface area contributed by atoms with Crippen LogP contribution in [-0.4, -0.2) is 41.0 Å². The van der Waals surface area contributed by atoms with Crippen molar-refractivity contribution in [3.63, 3.8) is 0 Å². The minimum Gasteiger partial charge on any atom is -0.380 e. The van der Waals surface area contributed by atoms with Crippen LogP contribution in [0.3, 0.4) is 0 Å². The van der Waals surface area contributed by atoms with Gasteiger partial charge in [-0.2, -0.15) is 5.10 Å². The molecule has 0 spiro atoms. The molecule has 3 rings (SSSR count). The summed E-state index contributed by atoms with van der Waals surface area (Å²) in [6.45, 7) is 2.90. The largest absolute Gasteiger partial charge is 0.380 e. The van der Waals surface area contributed by atoms with Crippen molar-refractivity contribution in [1.82, 2.24) is 14.7 Å². The van der Waals surface area contributed by atoms with E-state index in [1.54, 1.807) is 7.11 Å². The third-order valence-electron chi connectivity index (χ3n) is 4.66. The lowest BCUT2D eigenvalue weighted by atomic mass is 9.87. The van der Waals surface area contributed by atoms with E-state index < -0.39 is 0 Å².